The first-order chi connectivity index (χ1) is 12.0. The summed E-state index contributed by atoms with van der Waals surface area (Å²) in [6, 6.07) is 7.71. The third-order valence-corrected chi connectivity index (χ3v) is 5.44. The summed E-state index contributed by atoms with van der Waals surface area (Å²) >= 11 is 4.77. The molecule has 0 fully saturated rings. The Morgan fingerprint density at radius 3 is 2.36 bits per heavy atom. The summed E-state index contributed by atoms with van der Waals surface area (Å²) in [6.07, 6.45) is 1.53. The summed E-state index contributed by atoms with van der Waals surface area (Å²) in [7, 11) is 0. The number of hydrogen-bond donors (Lipinski definition) is 1. The van der Waals surface area contributed by atoms with Crippen LogP contribution in [-0.2, 0) is 9.53 Å². The molecule has 1 aromatic carbocycles. The van der Waals surface area contributed by atoms with Gasteiger partial charge in [-0.2, -0.15) is 0 Å². The molecule has 6 heteroatoms. The molecule has 1 aromatic heterocycles. The Bertz CT molecular complexity index is 736. The van der Waals surface area contributed by atoms with E-state index in [-0.39, 0.29) is 18.4 Å². The summed E-state index contributed by atoms with van der Waals surface area (Å²) in [4.78, 5) is 24.9. The highest BCUT2D eigenvalue weighted by molar-refractivity contribution is 9.10. The zero-order valence-corrected chi connectivity index (χ0v) is 17.0. The van der Waals surface area contributed by atoms with Crippen molar-refractivity contribution in [3.63, 3.8) is 0 Å². The molecule has 1 N–H and O–H groups in total. The molecular weight excluding hydrogens is 402 g/mol. The molecule has 0 saturated heterocycles. The molecule has 25 heavy (non-hydrogen) atoms. The first kappa shape index (κ1) is 19.7. The molecule has 1 amide bonds. The van der Waals surface area contributed by atoms with Crippen molar-refractivity contribution in [3.8, 4) is 11.1 Å². The topological polar surface area (TPSA) is 55.4 Å². The van der Waals surface area contributed by atoms with Gasteiger partial charge in [-0.1, -0.05) is 41.9 Å². The lowest BCUT2D eigenvalue weighted by Crippen LogP contribution is -2.22. The maximum absolute atomic E-state index is 12.5. The van der Waals surface area contributed by atoms with Gasteiger partial charge in [0.2, 0.25) is 5.91 Å². The van der Waals surface area contributed by atoms with Crippen LogP contribution < -0.4 is 5.32 Å². The number of benzene rings is 1. The van der Waals surface area contributed by atoms with E-state index in [0.717, 1.165) is 28.4 Å². The fraction of sp³-hybridized carbons (Fsp3) is 0.368. The smallest absolute Gasteiger partial charge is 0.341 e. The van der Waals surface area contributed by atoms with Crippen molar-refractivity contribution in [2.24, 2.45) is 5.92 Å². The first-order valence-electron chi connectivity index (χ1n) is 8.37. The quantitative estimate of drug-likeness (QED) is 0.578. The predicted octanol–water partition coefficient (Wildman–Crippen LogP) is 5.73. The van der Waals surface area contributed by atoms with Gasteiger partial charge in [-0.25, -0.2) is 4.79 Å². The third-order valence-electron chi connectivity index (χ3n) is 4.02. The number of nitrogens with one attached hydrogen (secondary N) is 1. The van der Waals surface area contributed by atoms with Crippen LogP contribution in [0.5, 0.6) is 0 Å². The third kappa shape index (κ3) is 4.70. The van der Waals surface area contributed by atoms with Crippen LogP contribution >= 0.6 is 27.3 Å². The lowest BCUT2D eigenvalue weighted by Gasteiger charge is -2.13. The minimum Gasteiger partial charge on any atom is -0.462 e. The van der Waals surface area contributed by atoms with Crippen molar-refractivity contribution in [2.75, 3.05) is 11.9 Å². The molecule has 4 nitrogen and oxygen atoms in total. The standard InChI is InChI=1S/C19H22BrNO3S/c1-4-12(5-2)17(22)21-18-16(19(23)24-6-3)15(11-25-18)13-7-9-14(20)10-8-13/h7-12H,4-6H2,1-3H3,(H,21,22). The Hall–Kier alpha value is -1.66. The van der Waals surface area contributed by atoms with Gasteiger partial charge in [0, 0.05) is 21.3 Å². The Morgan fingerprint density at radius 1 is 1.16 bits per heavy atom. The van der Waals surface area contributed by atoms with Crippen molar-refractivity contribution < 1.29 is 14.3 Å². The van der Waals surface area contributed by atoms with Crippen LogP contribution in [-0.4, -0.2) is 18.5 Å². The molecule has 134 valence electrons. The van der Waals surface area contributed by atoms with Crippen molar-refractivity contribution in [3.05, 3.63) is 39.7 Å². The fourth-order valence-corrected chi connectivity index (χ4v) is 3.80. The minimum absolute atomic E-state index is 0.0558. The number of carbonyl (C=O) groups excluding carboxylic acids is 2. The average molecular weight is 424 g/mol. The van der Waals surface area contributed by atoms with Crippen LogP contribution in [0.25, 0.3) is 11.1 Å². The molecule has 0 aliphatic rings. The SMILES string of the molecule is CCOC(=O)c1c(-c2ccc(Br)cc2)csc1NC(=O)C(CC)CC. The molecule has 2 aromatic rings. The molecule has 2 rings (SSSR count). The van der Waals surface area contributed by atoms with Gasteiger partial charge in [0.15, 0.2) is 0 Å². The van der Waals surface area contributed by atoms with Crippen LogP contribution in [0.15, 0.2) is 34.1 Å². The average Bonchev–Trinajstić information content (AvgIpc) is 3.00. The molecule has 0 saturated carbocycles. The van der Waals surface area contributed by atoms with Crippen LogP contribution in [0, 0.1) is 5.92 Å². The molecule has 0 radical (unpaired) electrons. The summed E-state index contributed by atoms with van der Waals surface area (Å²) in [6.45, 7) is 6.03. The second kappa shape index (κ2) is 9.15. The van der Waals surface area contributed by atoms with Gasteiger partial charge in [0.1, 0.15) is 10.6 Å². The number of esters is 1. The van der Waals surface area contributed by atoms with Gasteiger partial charge in [-0.3, -0.25) is 4.79 Å². The monoisotopic (exact) mass is 423 g/mol. The van der Waals surface area contributed by atoms with Gasteiger partial charge in [-0.05, 0) is 37.5 Å². The number of ether oxygens (including phenoxy) is 1. The maximum Gasteiger partial charge on any atom is 0.341 e. The fourth-order valence-electron chi connectivity index (χ4n) is 2.57. The molecule has 0 aliphatic heterocycles. The molecule has 0 spiro atoms. The molecule has 0 atom stereocenters. The Balaban J connectivity index is 2.41. The van der Waals surface area contributed by atoms with E-state index in [9.17, 15) is 9.59 Å². The molecule has 1 heterocycles. The highest BCUT2D eigenvalue weighted by Crippen LogP contribution is 2.37. The zero-order valence-electron chi connectivity index (χ0n) is 14.6. The normalized spacial score (nSPS) is 10.8. The number of hydrogen-bond acceptors (Lipinski definition) is 4. The van der Waals surface area contributed by atoms with Crippen molar-refractivity contribution >= 4 is 44.1 Å². The van der Waals surface area contributed by atoms with Gasteiger partial charge in [0.05, 0.1) is 6.61 Å². The Kier molecular flexibility index (Phi) is 7.20. The van der Waals surface area contributed by atoms with E-state index in [1.807, 2.05) is 43.5 Å². The van der Waals surface area contributed by atoms with Gasteiger partial charge in [-0.15, -0.1) is 11.3 Å². The van der Waals surface area contributed by atoms with E-state index < -0.39 is 5.97 Å². The largest absolute Gasteiger partial charge is 0.462 e. The lowest BCUT2D eigenvalue weighted by atomic mass is 10.0. The van der Waals surface area contributed by atoms with Crippen LogP contribution in [0.3, 0.4) is 0 Å². The lowest BCUT2D eigenvalue weighted by molar-refractivity contribution is -0.120. The van der Waals surface area contributed by atoms with Crippen LogP contribution in [0.2, 0.25) is 0 Å². The van der Waals surface area contributed by atoms with Crippen LogP contribution in [0.4, 0.5) is 5.00 Å². The van der Waals surface area contributed by atoms with Gasteiger partial charge in [0.25, 0.3) is 0 Å². The Labute approximate surface area is 160 Å². The Morgan fingerprint density at radius 2 is 1.80 bits per heavy atom. The van der Waals surface area contributed by atoms with E-state index in [4.69, 9.17) is 4.74 Å². The summed E-state index contributed by atoms with van der Waals surface area (Å²) < 4.78 is 6.18. The predicted molar refractivity (Wildman–Crippen MR) is 106 cm³/mol. The van der Waals surface area contributed by atoms with Crippen molar-refractivity contribution in [2.45, 2.75) is 33.6 Å². The van der Waals surface area contributed by atoms with Gasteiger partial charge < -0.3 is 10.1 Å². The number of rotatable bonds is 7. The summed E-state index contributed by atoms with van der Waals surface area (Å²) in [5.74, 6) is -0.533. The number of halogens is 1. The number of carbonyl (C=O) groups is 2. The van der Waals surface area contributed by atoms with E-state index in [1.165, 1.54) is 11.3 Å². The molecule has 0 unspecified atom stereocenters. The highest BCUT2D eigenvalue weighted by atomic mass is 79.9. The number of anilines is 1. The second-order valence-corrected chi connectivity index (χ2v) is 7.38. The first-order valence-corrected chi connectivity index (χ1v) is 10.0. The van der Waals surface area contributed by atoms with Gasteiger partial charge >= 0.3 is 5.97 Å². The number of amides is 1. The molecular formula is C19H22BrNO3S. The summed E-state index contributed by atoms with van der Waals surface area (Å²) in [5, 5.41) is 5.36. The van der Waals surface area contributed by atoms with E-state index in [1.54, 1.807) is 6.92 Å². The molecule has 0 bridgehead atoms. The maximum atomic E-state index is 12.5. The number of thiophene rings is 1. The zero-order chi connectivity index (χ0) is 18.4. The highest BCUT2D eigenvalue weighted by Gasteiger charge is 2.24. The summed E-state index contributed by atoms with van der Waals surface area (Å²) in [5.41, 5.74) is 2.11. The van der Waals surface area contributed by atoms with E-state index in [2.05, 4.69) is 21.2 Å². The van der Waals surface area contributed by atoms with Crippen molar-refractivity contribution in [1.82, 2.24) is 0 Å². The van der Waals surface area contributed by atoms with Crippen molar-refractivity contribution in [1.29, 1.82) is 0 Å². The van der Waals surface area contributed by atoms with E-state index >= 15 is 0 Å². The minimum atomic E-state index is -0.415. The van der Waals surface area contributed by atoms with Crippen LogP contribution in [0.1, 0.15) is 44.0 Å². The molecule has 0 aliphatic carbocycles. The van der Waals surface area contributed by atoms with E-state index in [0.29, 0.717) is 10.6 Å². The second-order valence-electron chi connectivity index (χ2n) is 5.58.